The van der Waals surface area contributed by atoms with Crippen molar-refractivity contribution in [3.8, 4) is 17.3 Å². The van der Waals surface area contributed by atoms with Gasteiger partial charge in [0.25, 0.3) is 5.56 Å². The van der Waals surface area contributed by atoms with E-state index in [9.17, 15) is 9.00 Å². The summed E-state index contributed by atoms with van der Waals surface area (Å²) >= 11 is 0. The van der Waals surface area contributed by atoms with E-state index in [1.54, 1.807) is 36.4 Å². The fraction of sp³-hybridized carbons (Fsp3) is 0.407. The van der Waals surface area contributed by atoms with E-state index in [0.29, 0.717) is 51.8 Å². The van der Waals surface area contributed by atoms with Gasteiger partial charge in [-0.3, -0.25) is 13.6 Å². The third-order valence-corrected chi connectivity index (χ3v) is 8.39. The van der Waals surface area contributed by atoms with Gasteiger partial charge in [0.2, 0.25) is 5.88 Å². The molecular formula is C27H30N8O3S. The number of hydrogen-bond acceptors (Lipinski definition) is 10. The van der Waals surface area contributed by atoms with Crippen LogP contribution in [-0.2, 0) is 16.1 Å². The lowest BCUT2D eigenvalue weighted by Crippen LogP contribution is -2.29. The molecule has 0 spiro atoms. The first-order valence-corrected chi connectivity index (χ1v) is 15.1. The van der Waals surface area contributed by atoms with Crippen LogP contribution in [0.15, 0.2) is 40.7 Å². The summed E-state index contributed by atoms with van der Waals surface area (Å²) in [5.74, 6) is 5.45. The number of anilines is 1. The Bertz CT molecular complexity index is 1730. The van der Waals surface area contributed by atoms with Gasteiger partial charge in [-0.05, 0) is 56.0 Å². The fourth-order valence-corrected chi connectivity index (χ4v) is 5.41. The molecule has 2 unspecified atom stereocenters. The van der Waals surface area contributed by atoms with Crippen molar-refractivity contribution < 1.29 is 8.95 Å². The molecule has 0 aliphatic heterocycles. The van der Waals surface area contributed by atoms with Crippen LogP contribution in [0.1, 0.15) is 55.8 Å². The number of methoxy groups -OCH3 is 1. The highest BCUT2D eigenvalue weighted by atomic mass is 32.2. The van der Waals surface area contributed by atoms with Crippen molar-refractivity contribution in [3.63, 3.8) is 0 Å². The molecule has 4 aromatic heterocycles. The fourth-order valence-electron chi connectivity index (χ4n) is 4.77. The molecule has 0 amide bonds. The first kappa shape index (κ1) is 25.4. The lowest BCUT2D eigenvalue weighted by molar-refractivity contribution is 0.397. The molecule has 4 aromatic rings. The molecule has 12 heteroatoms. The van der Waals surface area contributed by atoms with Gasteiger partial charge in [-0.1, -0.05) is 6.07 Å². The van der Waals surface area contributed by atoms with E-state index < -0.39 is 9.52 Å². The molecular weight excluding hydrogens is 516 g/mol. The average molecular weight is 547 g/mol. The molecule has 2 aliphatic carbocycles. The van der Waals surface area contributed by atoms with E-state index in [-0.39, 0.29) is 17.4 Å². The van der Waals surface area contributed by atoms with E-state index in [1.165, 1.54) is 6.33 Å². The molecule has 11 nitrogen and oxygen atoms in total. The predicted octanol–water partition coefficient (Wildman–Crippen LogP) is 3.21. The molecule has 0 bridgehead atoms. The first-order chi connectivity index (χ1) is 18.7. The minimum atomic E-state index is -2.39. The maximum absolute atomic E-state index is 13.8. The van der Waals surface area contributed by atoms with Crippen LogP contribution in [-0.4, -0.2) is 57.9 Å². The van der Waals surface area contributed by atoms with Crippen molar-refractivity contribution >= 4 is 32.4 Å². The summed E-state index contributed by atoms with van der Waals surface area (Å²) in [5, 5.41) is 3.60. The highest BCUT2D eigenvalue weighted by molar-refractivity contribution is 7.99. The molecule has 39 heavy (non-hydrogen) atoms. The zero-order valence-corrected chi connectivity index (χ0v) is 22.9. The number of aromatic nitrogens is 7. The van der Waals surface area contributed by atoms with Gasteiger partial charge in [-0.25, -0.2) is 29.9 Å². The summed E-state index contributed by atoms with van der Waals surface area (Å²) in [4.78, 5) is 41.0. The van der Waals surface area contributed by atoms with Gasteiger partial charge in [0.15, 0.2) is 17.3 Å². The smallest absolute Gasteiger partial charge is 0.295 e. The number of ether oxygens (including phenoxy) is 1. The number of nitrogens with one attached hydrogen (secondary N) is 1. The Hall–Kier alpha value is -3.93. The minimum Gasteiger partial charge on any atom is -0.480 e. The second kappa shape index (κ2) is 9.67. The van der Waals surface area contributed by atoms with E-state index in [0.717, 1.165) is 36.9 Å². The molecule has 2 saturated carbocycles. The molecule has 4 heterocycles. The highest BCUT2D eigenvalue weighted by Crippen LogP contribution is 2.45. The molecule has 0 saturated heterocycles. The molecule has 6 rings (SSSR count). The lowest BCUT2D eigenvalue weighted by Gasteiger charge is -2.19. The van der Waals surface area contributed by atoms with E-state index in [4.69, 9.17) is 9.72 Å². The van der Waals surface area contributed by atoms with Gasteiger partial charge in [0, 0.05) is 40.5 Å². The molecule has 0 radical (unpaired) electrons. The van der Waals surface area contributed by atoms with Crippen molar-refractivity contribution in [3.05, 3.63) is 52.5 Å². The zero-order valence-electron chi connectivity index (χ0n) is 22.1. The van der Waals surface area contributed by atoms with Crippen molar-refractivity contribution in [2.75, 3.05) is 18.7 Å². The lowest BCUT2D eigenvalue weighted by atomic mass is 10.1. The Morgan fingerprint density at radius 2 is 1.92 bits per heavy atom. The van der Waals surface area contributed by atoms with Crippen LogP contribution in [0.25, 0.3) is 22.6 Å². The Labute approximate surface area is 226 Å². The van der Waals surface area contributed by atoms with E-state index in [1.807, 2.05) is 6.07 Å². The maximum Gasteiger partial charge on any atom is 0.295 e. The molecule has 2 fully saturated rings. The quantitative estimate of drug-likeness (QED) is 0.311. The highest BCUT2D eigenvalue weighted by Gasteiger charge is 2.34. The van der Waals surface area contributed by atoms with Crippen molar-refractivity contribution in [1.29, 1.82) is 0 Å². The van der Waals surface area contributed by atoms with Crippen LogP contribution in [0.2, 0.25) is 0 Å². The van der Waals surface area contributed by atoms with Gasteiger partial charge < -0.3 is 10.1 Å². The summed E-state index contributed by atoms with van der Waals surface area (Å²) in [6.07, 6.45) is 10.6. The molecule has 1 N–H and O–H groups in total. The Kier molecular flexibility index (Phi) is 6.29. The standard InChI is InChI=1S/C27H30N8O3S/c1-15(17-6-7-17)35-25-19(13-30-23(34-25)21-22(18-8-9-18)31-14-32-26(21)38-2)33-24(27(35)36)29-12-16-5-10-20(28-11-16)39(3,4)37/h5,10-11,13-15,17-18H,3,6-9,12H2,1-2,4H3,(H,29,33). The van der Waals surface area contributed by atoms with Gasteiger partial charge in [0.05, 0.1) is 19.0 Å². The van der Waals surface area contributed by atoms with Crippen LogP contribution in [0.5, 0.6) is 5.88 Å². The summed E-state index contributed by atoms with van der Waals surface area (Å²) in [6.45, 7) is 2.37. The van der Waals surface area contributed by atoms with Crippen LogP contribution in [0.3, 0.4) is 0 Å². The topological polar surface area (TPSA) is 138 Å². The van der Waals surface area contributed by atoms with Crippen molar-refractivity contribution in [1.82, 2.24) is 34.5 Å². The number of hydrogen-bond donors (Lipinski definition) is 1. The van der Waals surface area contributed by atoms with Gasteiger partial charge >= 0.3 is 0 Å². The van der Waals surface area contributed by atoms with Gasteiger partial charge in [-0.15, -0.1) is 0 Å². The van der Waals surface area contributed by atoms with Crippen LogP contribution in [0.4, 0.5) is 5.82 Å². The number of nitrogens with zero attached hydrogens (tertiary/aromatic N) is 7. The SMILES string of the molecule is C=S(C)(=O)c1ccc(CNc2nc3cnc(-c4c(OC)ncnc4C4CC4)nc3n(C(C)C3CC3)c2=O)cn1. The third kappa shape index (κ3) is 4.96. The minimum absolute atomic E-state index is 0.0566. The number of fused-ring (bicyclic) bond motifs is 1. The second-order valence-electron chi connectivity index (χ2n) is 10.4. The van der Waals surface area contributed by atoms with Gasteiger partial charge in [-0.2, -0.15) is 0 Å². The van der Waals surface area contributed by atoms with E-state index >= 15 is 0 Å². The second-order valence-corrected chi connectivity index (χ2v) is 12.8. The summed E-state index contributed by atoms with van der Waals surface area (Å²) < 4.78 is 19.4. The normalized spacial score (nSPS) is 17.5. The molecule has 2 atom stereocenters. The van der Waals surface area contributed by atoms with Crippen LogP contribution in [0, 0.1) is 5.92 Å². The number of rotatable bonds is 9. The Balaban J connectivity index is 1.41. The number of pyridine rings is 1. The zero-order chi connectivity index (χ0) is 27.3. The maximum atomic E-state index is 13.8. The summed E-state index contributed by atoms with van der Waals surface area (Å²) in [5.41, 5.74) is 3.09. The summed E-state index contributed by atoms with van der Waals surface area (Å²) in [7, 11) is -0.828. The summed E-state index contributed by atoms with van der Waals surface area (Å²) in [6, 6.07) is 3.46. The molecule has 202 valence electrons. The monoisotopic (exact) mass is 546 g/mol. The van der Waals surface area contributed by atoms with Crippen molar-refractivity contribution in [2.45, 2.75) is 56.1 Å². The first-order valence-electron chi connectivity index (χ1n) is 12.9. The van der Waals surface area contributed by atoms with Crippen LogP contribution >= 0.6 is 0 Å². The molecule has 0 aromatic carbocycles. The Morgan fingerprint density at radius 1 is 1.13 bits per heavy atom. The third-order valence-electron chi connectivity index (χ3n) is 7.27. The van der Waals surface area contributed by atoms with Crippen molar-refractivity contribution in [2.24, 2.45) is 5.92 Å². The van der Waals surface area contributed by atoms with Gasteiger partial charge in [0.1, 0.15) is 22.4 Å². The molecule has 2 aliphatic rings. The predicted molar refractivity (Wildman–Crippen MR) is 150 cm³/mol. The Morgan fingerprint density at radius 3 is 2.56 bits per heavy atom. The van der Waals surface area contributed by atoms with E-state index in [2.05, 4.69) is 43.0 Å². The van der Waals surface area contributed by atoms with Crippen LogP contribution < -0.4 is 15.6 Å². The largest absolute Gasteiger partial charge is 0.480 e. The average Bonchev–Trinajstić information content (AvgIpc) is 3.84.